The van der Waals surface area contributed by atoms with Gasteiger partial charge in [0, 0.05) is 13.1 Å². The molecule has 1 aromatic carbocycles. The maximum absolute atomic E-state index is 12.0. The number of carbonyl (C=O) groups excluding carboxylic acids is 1. The Morgan fingerprint density at radius 1 is 1.35 bits per heavy atom. The molecule has 0 aromatic heterocycles. The molecule has 1 aliphatic rings. The van der Waals surface area contributed by atoms with Crippen LogP contribution in [0.15, 0.2) is 18.2 Å². The molecule has 3 N–H and O–H groups in total. The first-order valence-corrected chi connectivity index (χ1v) is 6.64. The molecule has 7 nitrogen and oxygen atoms in total. The van der Waals surface area contributed by atoms with Gasteiger partial charge in [-0.2, -0.15) is 0 Å². The smallest absolute Gasteiger partial charge is 0.314 e. The lowest BCUT2D eigenvalue weighted by molar-refractivity contribution is -0.383. The number of hydrogen-bond acceptors (Lipinski definition) is 5. The first kappa shape index (κ1) is 14.1. The zero-order chi connectivity index (χ0) is 14.5. The number of piperidine rings is 1. The fourth-order valence-corrected chi connectivity index (χ4v) is 2.33. The minimum Gasteiger partial charge on any atom is -0.393 e. The summed E-state index contributed by atoms with van der Waals surface area (Å²) in [4.78, 5) is 24.2. The summed E-state index contributed by atoms with van der Waals surface area (Å²) in [6.07, 6.45) is 3.19. The molecule has 1 amide bonds. The molecule has 0 bridgehead atoms. The zero-order valence-electron chi connectivity index (χ0n) is 11.2. The molecular weight excluding hydrogens is 260 g/mol. The Morgan fingerprint density at radius 3 is 2.70 bits per heavy atom. The van der Waals surface area contributed by atoms with Gasteiger partial charge < -0.3 is 16.0 Å². The number of benzene rings is 1. The van der Waals surface area contributed by atoms with Gasteiger partial charge in [-0.15, -0.1) is 0 Å². The number of hydrogen-bond donors (Lipinski definition) is 2. The minimum absolute atomic E-state index is 0.0403. The molecule has 1 aromatic rings. The number of likely N-dealkylation sites (tertiary alicyclic amines) is 1. The third-order valence-corrected chi connectivity index (χ3v) is 3.39. The molecule has 1 heterocycles. The molecule has 2 rings (SSSR count). The summed E-state index contributed by atoms with van der Waals surface area (Å²) in [5.41, 5.74) is 5.78. The van der Waals surface area contributed by atoms with Crippen molar-refractivity contribution in [3.63, 3.8) is 0 Å². The van der Waals surface area contributed by atoms with Gasteiger partial charge in [0.05, 0.1) is 11.5 Å². The topological polar surface area (TPSA) is 102 Å². The Labute approximate surface area is 116 Å². The van der Waals surface area contributed by atoms with E-state index in [9.17, 15) is 14.9 Å². The predicted molar refractivity (Wildman–Crippen MR) is 76.4 cm³/mol. The Kier molecular flexibility index (Phi) is 4.39. The van der Waals surface area contributed by atoms with Crippen LogP contribution in [-0.2, 0) is 4.79 Å². The van der Waals surface area contributed by atoms with E-state index in [1.807, 2.05) is 0 Å². The number of nitrogens with two attached hydrogens (primary N) is 1. The van der Waals surface area contributed by atoms with Crippen LogP contribution in [0.3, 0.4) is 0 Å². The third kappa shape index (κ3) is 3.17. The van der Waals surface area contributed by atoms with Crippen LogP contribution in [0.1, 0.15) is 19.3 Å². The Morgan fingerprint density at radius 2 is 2.05 bits per heavy atom. The van der Waals surface area contributed by atoms with Gasteiger partial charge in [0.25, 0.3) is 0 Å². The lowest BCUT2D eigenvalue weighted by atomic mass is 10.1. The first-order chi connectivity index (χ1) is 9.59. The quantitative estimate of drug-likeness (QED) is 0.495. The molecule has 108 valence electrons. The van der Waals surface area contributed by atoms with Gasteiger partial charge in [-0.05, 0) is 31.4 Å². The van der Waals surface area contributed by atoms with E-state index in [0.29, 0.717) is 0 Å². The highest BCUT2D eigenvalue weighted by Crippen LogP contribution is 2.30. The van der Waals surface area contributed by atoms with Crippen LogP contribution in [-0.4, -0.2) is 35.4 Å². The number of nitro groups is 1. The fraction of sp³-hybridized carbons (Fsp3) is 0.462. The van der Waals surface area contributed by atoms with Gasteiger partial charge in [-0.1, -0.05) is 6.07 Å². The van der Waals surface area contributed by atoms with E-state index in [1.54, 1.807) is 17.0 Å². The molecular formula is C13H18N4O3. The number of nitrogens with one attached hydrogen (secondary N) is 1. The number of rotatable bonds is 4. The van der Waals surface area contributed by atoms with E-state index < -0.39 is 4.92 Å². The standard InChI is InChI=1S/C13H18N4O3/c14-10-5-4-6-11(13(10)17(19)20)15-9-12(18)16-7-2-1-3-8-16/h4-6,15H,1-3,7-9,14H2. The zero-order valence-corrected chi connectivity index (χ0v) is 11.2. The summed E-state index contributed by atoms with van der Waals surface area (Å²) in [6, 6.07) is 4.64. The van der Waals surface area contributed by atoms with Crippen molar-refractivity contribution < 1.29 is 9.72 Å². The summed E-state index contributed by atoms with van der Waals surface area (Å²) in [5.74, 6) is -0.0403. The van der Waals surface area contributed by atoms with Crippen LogP contribution in [0, 0.1) is 10.1 Å². The van der Waals surface area contributed by atoms with Crippen LogP contribution in [0.5, 0.6) is 0 Å². The van der Waals surface area contributed by atoms with Crippen molar-refractivity contribution in [1.29, 1.82) is 0 Å². The van der Waals surface area contributed by atoms with Gasteiger partial charge in [-0.25, -0.2) is 0 Å². The molecule has 1 saturated heterocycles. The second-order valence-electron chi connectivity index (χ2n) is 4.80. The second-order valence-corrected chi connectivity index (χ2v) is 4.80. The van der Waals surface area contributed by atoms with Crippen LogP contribution >= 0.6 is 0 Å². The van der Waals surface area contributed by atoms with Crippen LogP contribution in [0.25, 0.3) is 0 Å². The van der Waals surface area contributed by atoms with Crippen molar-refractivity contribution in [3.05, 3.63) is 28.3 Å². The molecule has 0 radical (unpaired) electrons. The van der Waals surface area contributed by atoms with Gasteiger partial charge in [-0.3, -0.25) is 14.9 Å². The second kappa shape index (κ2) is 6.23. The maximum atomic E-state index is 12.0. The highest BCUT2D eigenvalue weighted by Gasteiger charge is 2.20. The van der Waals surface area contributed by atoms with Gasteiger partial charge in [0.1, 0.15) is 11.4 Å². The van der Waals surface area contributed by atoms with Crippen molar-refractivity contribution in [2.75, 3.05) is 30.7 Å². The predicted octanol–water partition coefficient (Wildman–Crippen LogP) is 1.60. The van der Waals surface area contributed by atoms with E-state index in [0.717, 1.165) is 32.4 Å². The third-order valence-electron chi connectivity index (χ3n) is 3.39. The van der Waals surface area contributed by atoms with Crippen LogP contribution < -0.4 is 11.1 Å². The van der Waals surface area contributed by atoms with E-state index >= 15 is 0 Å². The SMILES string of the molecule is Nc1cccc(NCC(=O)N2CCCCC2)c1[N+](=O)[O-]. The molecule has 0 aliphatic carbocycles. The van der Waals surface area contributed by atoms with E-state index in [-0.39, 0.29) is 29.5 Å². The van der Waals surface area contributed by atoms with Gasteiger partial charge in [0.2, 0.25) is 5.91 Å². The molecule has 0 saturated carbocycles. The van der Waals surface area contributed by atoms with Crippen LogP contribution in [0.2, 0.25) is 0 Å². The number of para-hydroxylation sites is 1. The average Bonchev–Trinajstić information content (AvgIpc) is 2.45. The largest absolute Gasteiger partial charge is 0.393 e. The summed E-state index contributed by atoms with van der Waals surface area (Å²) < 4.78 is 0. The highest BCUT2D eigenvalue weighted by atomic mass is 16.6. The normalized spacial score (nSPS) is 14.9. The molecule has 0 atom stereocenters. The first-order valence-electron chi connectivity index (χ1n) is 6.64. The number of nitrogens with zero attached hydrogens (tertiary/aromatic N) is 2. The highest BCUT2D eigenvalue weighted by molar-refractivity contribution is 5.83. The van der Waals surface area contributed by atoms with Gasteiger partial charge in [0.15, 0.2) is 0 Å². The Balaban J connectivity index is 2.02. The van der Waals surface area contributed by atoms with E-state index in [2.05, 4.69) is 5.32 Å². The lowest BCUT2D eigenvalue weighted by Crippen LogP contribution is -2.39. The fourth-order valence-electron chi connectivity index (χ4n) is 2.33. The molecule has 7 heteroatoms. The number of nitrogen functional groups attached to an aromatic ring is 1. The summed E-state index contributed by atoms with van der Waals surface area (Å²) >= 11 is 0. The molecule has 1 aliphatic heterocycles. The lowest BCUT2D eigenvalue weighted by Gasteiger charge is -2.26. The Hall–Kier alpha value is -2.31. The van der Waals surface area contributed by atoms with Crippen molar-refractivity contribution in [3.8, 4) is 0 Å². The number of anilines is 2. The monoisotopic (exact) mass is 278 g/mol. The number of nitro benzene ring substituents is 1. The van der Waals surface area contributed by atoms with Crippen molar-refractivity contribution in [2.24, 2.45) is 0 Å². The molecule has 1 fully saturated rings. The summed E-state index contributed by atoms with van der Waals surface area (Å²) in [6.45, 7) is 1.57. The van der Waals surface area contributed by atoms with Crippen molar-refractivity contribution in [1.82, 2.24) is 4.90 Å². The maximum Gasteiger partial charge on any atom is 0.314 e. The summed E-state index contributed by atoms with van der Waals surface area (Å²) in [7, 11) is 0. The number of carbonyl (C=O) groups is 1. The minimum atomic E-state index is -0.539. The molecule has 20 heavy (non-hydrogen) atoms. The number of amides is 1. The molecule has 0 spiro atoms. The van der Waals surface area contributed by atoms with Crippen molar-refractivity contribution >= 4 is 23.0 Å². The van der Waals surface area contributed by atoms with Crippen molar-refractivity contribution in [2.45, 2.75) is 19.3 Å². The summed E-state index contributed by atoms with van der Waals surface area (Å²) in [5, 5.41) is 13.8. The average molecular weight is 278 g/mol. The Bertz CT molecular complexity index is 512. The molecule has 0 unspecified atom stereocenters. The van der Waals surface area contributed by atoms with E-state index in [1.165, 1.54) is 6.07 Å². The van der Waals surface area contributed by atoms with Crippen LogP contribution in [0.4, 0.5) is 17.1 Å². The van der Waals surface area contributed by atoms with E-state index in [4.69, 9.17) is 5.73 Å². The van der Waals surface area contributed by atoms with Gasteiger partial charge >= 0.3 is 5.69 Å².